The van der Waals surface area contributed by atoms with Crippen LogP contribution < -0.4 is 49.6 Å². The van der Waals surface area contributed by atoms with Crippen LogP contribution in [-0.2, 0) is 11.3 Å². The number of amides is 2. The normalized spacial score (nSPS) is 16.7. The molecular weight excluding hydrogens is 571 g/mol. The van der Waals surface area contributed by atoms with Gasteiger partial charge in [-0.25, -0.2) is 4.57 Å². The summed E-state index contributed by atoms with van der Waals surface area (Å²) in [5.41, 5.74) is 0.195. The van der Waals surface area contributed by atoms with Crippen molar-refractivity contribution in [1.82, 2.24) is 9.97 Å². The first-order chi connectivity index (χ1) is 16.7. The molecule has 198 valence electrons. The van der Waals surface area contributed by atoms with Gasteiger partial charge in [-0.2, -0.15) is 4.98 Å². The Balaban J connectivity index is 0.00000456. The number of aryl methyl sites for hydroxylation is 1. The van der Waals surface area contributed by atoms with Gasteiger partial charge < -0.3 is 29.3 Å². The van der Waals surface area contributed by atoms with E-state index in [-0.39, 0.29) is 71.2 Å². The summed E-state index contributed by atoms with van der Waals surface area (Å²) in [6.45, 7) is 10.4. The first-order valence-corrected chi connectivity index (χ1v) is 12.8. The van der Waals surface area contributed by atoms with Crippen LogP contribution in [0, 0.1) is 5.92 Å². The molecule has 0 aromatic carbocycles. The number of carbonyl (C=O) groups is 2. The standard InChI is InChI=1S/C26H38N6O3.HI/c1-6-7-8-9-10-11-14-31-15-12-13-20(16-31)25(35)32-19(5)18(4)27-22-21(32)24(34)30-26(28-22)29-23(33)17(2)3;/h12-13,15-19H,6-11,14H2,1-5H3,(H2-,27,28,29,30,33,34);1H. The van der Waals surface area contributed by atoms with Gasteiger partial charge in [0.1, 0.15) is 12.1 Å². The van der Waals surface area contributed by atoms with Crippen LogP contribution in [0.2, 0.25) is 0 Å². The van der Waals surface area contributed by atoms with Gasteiger partial charge in [0.15, 0.2) is 23.9 Å². The molecule has 1 aliphatic heterocycles. The van der Waals surface area contributed by atoms with E-state index in [0.717, 1.165) is 13.0 Å². The molecule has 2 aromatic rings. The third-order valence-corrected chi connectivity index (χ3v) is 6.49. The Kier molecular flexibility index (Phi) is 11.3. The highest BCUT2D eigenvalue weighted by Crippen LogP contribution is 2.31. The Labute approximate surface area is 230 Å². The van der Waals surface area contributed by atoms with Gasteiger partial charge in [0, 0.05) is 24.4 Å². The predicted molar refractivity (Wildman–Crippen MR) is 138 cm³/mol. The monoisotopic (exact) mass is 610 g/mol. The van der Waals surface area contributed by atoms with Crippen molar-refractivity contribution in [3.8, 4) is 0 Å². The number of nitrogens with zero attached hydrogens (tertiary/aromatic N) is 3. The number of hydrogen-bond acceptors (Lipinski definition) is 5. The van der Waals surface area contributed by atoms with E-state index in [1.807, 2.05) is 36.9 Å². The van der Waals surface area contributed by atoms with Crippen molar-refractivity contribution in [3.05, 3.63) is 40.4 Å². The molecule has 0 spiro atoms. The van der Waals surface area contributed by atoms with Crippen molar-refractivity contribution in [2.75, 3.05) is 15.5 Å². The summed E-state index contributed by atoms with van der Waals surface area (Å²) in [6.07, 6.45) is 11.1. The van der Waals surface area contributed by atoms with Gasteiger partial charge in [-0.3, -0.25) is 29.6 Å². The lowest BCUT2D eigenvalue weighted by molar-refractivity contribution is -0.697. The number of aromatic nitrogens is 3. The van der Waals surface area contributed by atoms with Gasteiger partial charge in [-0.1, -0.05) is 46.5 Å². The maximum atomic E-state index is 13.7. The second-order valence-electron chi connectivity index (χ2n) is 9.70. The molecule has 2 unspecified atom stereocenters. The molecule has 2 aromatic heterocycles. The molecule has 2 atom stereocenters. The summed E-state index contributed by atoms with van der Waals surface area (Å²) in [4.78, 5) is 47.3. The second-order valence-corrected chi connectivity index (χ2v) is 9.70. The molecule has 10 heteroatoms. The maximum absolute atomic E-state index is 13.7. The van der Waals surface area contributed by atoms with Crippen LogP contribution in [0.3, 0.4) is 0 Å². The molecule has 36 heavy (non-hydrogen) atoms. The van der Waals surface area contributed by atoms with Crippen LogP contribution in [0.5, 0.6) is 0 Å². The number of rotatable bonds is 10. The first kappa shape index (κ1) is 29.7. The van der Waals surface area contributed by atoms with Crippen LogP contribution in [0.1, 0.15) is 83.5 Å². The third-order valence-electron chi connectivity index (χ3n) is 6.49. The van der Waals surface area contributed by atoms with Gasteiger partial charge in [0.05, 0.1) is 6.04 Å². The number of unbranched alkanes of at least 4 members (excludes halogenated alkanes) is 5. The number of pyridine rings is 1. The van der Waals surface area contributed by atoms with E-state index in [0.29, 0.717) is 5.56 Å². The highest BCUT2D eigenvalue weighted by atomic mass is 127. The first-order valence-electron chi connectivity index (χ1n) is 12.8. The van der Waals surface area contributed by atoms with Crippen molar-refractivity contribution in [3.63, 3.8) is 0 Å². The molecule has 2 amide bonds. The topological polar surface area (TPSA) is 111 Å². The minimum atomic E-state index is -0.482. The van der Waals surface area contributed by atoms with Gasteiger partial charge >= 0.3 is 0 Å². The van der Waals surface area contributed by atoms with Crippen LogP contribution in [0.15, 0.2) is 29.3 Å². The molecule has 3 rings (SSSR count). The second kappa shape index (κ2) is 13.7. The van der Waals surface area contributed by atoms with Crippen LogP contribution >= 0.6 is 0 Å². The lowest BCUT2D eigenvalue weighted by Gasteiger charge is -2.38. The summed E-state index contributed by atoms with van der Waals surface area (Å²) in [6, 6.07) is 3.22. The number of hydrogen-bond donors (Lipinski definition) is 3. The quantitative estimate of drug-likeness (QED) is 0.210. The van der Waals surface area contributed by atoms with Crippen molar-refractivity contribution < 1.29 is 38.1 Å². The zero-order valence-electron chi connectivity index (χ0n) is 21.9. The fourth-order valence-electron chi connectivity index (χ4n) is 4.16. The lowest BCUT2D eigenvalue weighted by atomic mass is 10.0. The van der Waals surface area contributed by atoms with E-state index in [1.165, 1.54) is 37.0 Å². The maximum Gasteiger partial charge on any atom is 0.278 e. The smallest absolute Gasteiger partial charge is 0.278 e. The van der Waals surface area contributed by atoms with E-state index in [1.54, 1.807) is 19.9 Å². The molecule has 0 aliphatic carbocycles. The van der Waals surface area contributed by atoms with Crippen molar-refractivity contribution in [2.24, 2.45) is 5.92 Å². The summed E-state index contributed by atoms with van der Waals surface area (Å²) >= 11 is 0. The molecule has 0 radical (unpaired) electrons. The van der Waals surface area contributed by atoms with Crippen LogP contribution in [0.4, 0.5) is 17.5 Å². The Morgan fingerprint density at radius 3 is 2.56 bits per heavy atom. The minimum absolute atomic E-state index is 0. The highest BCUT2D eigenvalue weighted by Gasteiger charge is 2.37. The number of aromatic amines is 1. The van der Waals surface area contributed by atoms with E-state index in [9.17, 15) is 14.4 Å². The lowest BCUT2D eigenvalue weighted by Crippen LogP contribution is -3.00. The fraction of sp³-hybridized carbons (Fsp3) is 0.577. The molecule has 0 saturated heterocycles. The van der Waals surface area contributed by atoms with Crippen molar-refractivity contribution >= 4 is 29.3 Å². The Hall–Kier alpha value is -2.50. The van der Waals surface area contributed by atoms with Gasteiger partial charge in [-0.05, 0) is 26.3 Å². The highest BCUT2D eigenvalue weighted by molar-refractivity contribution is 6.08. The van der Waals surface area contributed by atoms with Crippen molar-refractivity contribution in [1.29, 1.82) is 0 Å². The fourth-order valence-corrected chi connectivity index (χ4v) is 4.16. The Morgan fingerprint density at radius 1 is 1.17 bits per heavy atom. The van der Waals surface area contributed by atoms with Gasteiger partial charge in [0.2, 0.25) is 11.9 Å². The number of nitrogens with one attached hydrogen (secondary N) is 3. The van der Waals surface area contributed by atoms with Crippen molar-refractivity contribution in [2.45, 2.75) is 91.8 Å². The van der Waals surface area contributed by atoms with Crippen LogP contribution in [0.25, 0.3) is 0 Å². The molecule has 3 heterocycles. The van der Waals surface area contributed by atoms with Crippen LogP contribution in [-0.4, -0.2) is 33.9 Å². The molecule has 1 aliphatic rings. The summed E-state index contributed by atoms with van der Waals surface area (Å²) in [5.74, 6) is -0.427. The third kappa shape index (κ3) is 7.27. The molecule has 0 bridgehead atoms. The molecule has 9 nitrogen and oxygen atoms in total. The Bertz CT molecular complexity index is 1100. The largest absolute Gasteiger partial charge is 1.00 e. The predicted octanol–water partition coefficient (Wildman–Crippen LogP) is 0.866. The van der Waals surface area contributed by atoms with E-state index < -0.39 is 5.56 Å². The van der Waals surface area contributed by atoms with Gasteiger partial charge in [0.25, 0.3) is 11.5 Å². The number of H-pyrrole nitrogens is 1. The minimum Gasteiger partial charge on any atom is -1.00 e. The molecular formula is C26H39IN6O3. The molecule has 0 fully saturated rings. The van der Waals surface area contributed by atoms with E-state index >= 15 is 0 Å². The summed E-state index contributed by atoms with van der Waals surface area (Å²) < 4.78 is 2.04. The number of carbonyl (C=O) groups excluding carboxylic acids is 2. The number of anilines is 3. The summed E-state index contributed by atoms with van der Waals surface area (Å²) in [5, 5.41) is 5.83. The summed E-state index contributed by atoms with van der Waals surface area (Å²) in [7, 11) is 0. The number of fused-ring (bicyclic) bond motifs is 1. The number of halogens is 1. The average molecular weight is 611 g/mol. The Morgan fingerprint density at radius 2 is 1.86 bits per heavy atom. The average Bonchev–Trinajstić information content (AvgIpc) is 2.82. The zero-order chi connectivity index (χ0) is 25.5. The molecule has 0 saturated carbocycles. The van der Waals surface area contributed by atoms with E-state index in [4.69, 9.17) is 0 Å². The SMILES string of the molecule is CCCCCCCC[n+]1cccc(C(=O)N2c3c(nc(NC(=O)C(C)C)[nH]c3=O)NC(C)C2C)c1.[I-]. The van der Waals surface area contributed by atoms with Gasteiger partial charge in [-0.15, -0.1) is 0 Å². The van der Waals surface area contributed by atoms with E-state index in [2.05, 4.69) is 27.5 Å². The molecule has 3 N–H and O–H groups in total. The zero-order valence-corrected chi connectivity index (χ0v) is 24.1.